The number of hydrogen-bond donors (Lipinski definition) is 2. The Morgan fingerprint density at radius 2 is 1.33 bits per heavy atom. The average Bonchev–Trinajstić information content (AvgIpc) is 2.05. The summed E-state index contributed by atoms with van der Waals surface area (Å²) in [6.07, 6.45) is 0. The molecule has 0 heterocycles. The molecule has 94 valence electrons. The molecule has 0 aromatic heterocycles. The van der Waals surface area contributed by atoms with Gasteiger partial charge in [-0.25, -0.2) is 27.1 Å². The summed E-state index contributed by atoms with van der Waals surface area (Å²) in [6.45, 7) is 0. The topological polar surface area (TPSA) is 120 Å². The molecule has 0 aliphatic heterocycles. The van der Waals surface area contributed by atoms with Gasteiger partial charge in [0, 0.05) is 0 Å². The van der Waals surface area contributed by atoms with Crippen molar-refractivity contribution >= 4 is 146 Å². The average molecular weight is 385 g/mol. The van der Waals surface area contributed by atoms with Gasteiger partial charge >= 0.3 is 103 Å². The van der Waals surface area contributed by atoms with Crippen LogP contribution in [0.4, 0.5) is 0 Å². The number of halogens is 2. The predicted molar refractivity (Wildman–Crippen MR) is 73.5 cm³/mol. The van der Waals surface area contributed by atoms with Crippen LogP contribution in [0.25, 0.3) is 0 Å². The molecule has 0 unspecified atom stereocenters. The van der Waals surface area contributed by atoms with Gasteiger partial charge in [0.15, 0.2) is 0 Å². The minimum absolute atomic E-state index is 0. The van der Waals surface area contributed by atoms with Gasteiger partial charge in [0.1, 0.15) is 4.90 Å². The number of hydrogen-bond acceptors (Lipinski definition) is 4. The first-order valence-electron chi connectivity index (χ1n) is 3.58. The van der Waals surface area contributed by atoms with Crippen molar-refractivity contribution in [2.75, 3.05) is 0 Å². The zero-order valence-corrected chi connectivity index (χ0v) is 10.7. The maximum atomic E-state index is 11.1. The normalized spacial score (nSPS) is 11.3. The summed E-state index contributed by atoms with van der Waals surface area (Å²) in [6, 6.07) is 1.69. The predicted octanol–water partition coefficient (Wildman–Crippen LogP) is -1.01. The van der Waals surface area contributed by atoms with Crippen LogP contribution in [0, 0.1) is 0 Å². The molecule has 6 nitrogen and oxygen atoms in total. The van der Waals surface area contributed by atoms with Crippen LogP contribution in [0.15, 0.2) is 21.9 Å². The van der Waals surface area contributed by atoms with Crippen molar-refractivity contribution in [3.63, 3.8) is 0 Å². The van der Waals surface area contributed by atoms with Crippen molar-refractivity contribution in [1.29, 1.82) is 0 Å². The molecule has 1 aromatic rings. The SMILES string of the molecule is NS(=O)(=O)c1cc(Cl)c(Cl)c(S(N)(=O)=O)c1.[KH].[KH]. The van der Waals surface area contributed by atoms with Gasteiger partial charge in [-0.15, -0.1) is 0 Å². The van der Waals surface area contributed by atoms with E-state index in [2.05, 4.69) is 0 Å². The summed E-state index contributed by atoms with van der Waals surface area (Å²) in [5, 5.41) is 9.04. The fraction of sp³-hybridized carbons (Fsp3) is 0. The van der Waals surface area contributed by atoms with E-state index >= 15 is 0 Å². The second-order valence-corrected chi connectivity index (χ2v) is 6.68. The molecule has 18 heavy (non-hydrogen) atoms. The molecule has 0 saturated carbocycles. The van der Waals surface area contributed by atoms with Crippen LogP contribution in [0.3, 0.4) is 0 Å². The van der Waals surface area contributed by atoms with E-state index in [9.17, 15) is 16.8 Å². The molecule has 0 atom stereocenters. The molecular formula is C6H8Cl2K2N2O4S2. The van der Waals surface area contributed by atoms with E-state index in [0.29, 0.717) is 0 Å². The molecular weight excluding hydrogens is 377 g/mol. The second-order valence-electron chi connectivity index (χ2n) is 2.81. The number of nitrogens with two attached hydrogens (primary N) is 2. The van der Waals surface area contributed by atoms with E-state index in [1.807, 2.05) is 0 Å². The summed E-state index contributed by atoms with van der Waals surface area (Å²) in [5.41, 5.74) is 0. The standard InChI is InChI=1S/C6H6Cl2N2O4S2.2K.2H/c7-4-1-3(15(9,11)12)2-5(6(4)8)16(10,13)14;;;;/h1-2H,(H2,9,11,12)(H2,10,13,14);;;;. The van der Waals surface area contributed by atoms with Crippen molar-refractivity contribution in [1.82, 2.24) is 0 Å². The van der Waals surface area contributed by atoms with Gasteiger partial charge in [-0.1, -0.05) is 23.2 Å². The Balaban J connectivity index is 0. The third-order valence-electron chi connectivity index (χ3n) is 1.60. The Hall–Kier alpha value is 2.89. The fourth-order valence-electron chi connectivity index (χ4n) is 0.911. The number of sulfonamides is 2. The zero-order valence-electron chi connectivity index (χ0n) is 7.51. The van der Waals surface area contributed by atoms with Crippen LogP contribution in [0.2, 0.25) is 10.0 Å². The first-order chi connectivity index (χ1) is 7.03. The Bertz CT molecular complexity index is 648. The van der Waals surface area contributed by atoms with Crippen molar-refractivity contribution < 1.29 is 16.8 Å². The summed E-state index contributed by atoms with van der Waals surface area (Å²) < 4.78 is 44.2. The first kappa shape index (κ1) is 23.2. The molecule has 0 radical (unpaired) electrons. The van der Waals surface area contributed by atoms with E-state index in [4.69, 9.17) is 33.5 Å². The molecule has 4 N–H and O–H groups in total. The summed E-state index contributed by atoms with van der Waals surface area (Å²) >= 11 is 11.1. The van der Waals surface area contributed by atoms with E-state index in [0.717, 1.165) is 12.1 Å². The number of primary sulfonamides is 2. The van der Waals surface area contributed by atoms with Crippen molar-refractivity contribution in [2.45, 2.75) is 9.79 Å². The molecule has 0 aliphatic carbocycles. The van der Waals surface area contributed by atoms with Gasteiger partial charge < -0.3 is 0 Å². The molecule has 12 heteroatoms. The first-order valence-corrected chi connectivity index (χ1v) is 7.43. The van der Waals surface area contributed by atoms with Gasteiger partial charge in [-0.3, -0.25) is 0 Å². The van der Waals surface area contributed by atoms with Crippen LogP contribution in [0.1, 0.15) is 0 Å². The number of benzene rings is 1. The fourth-order valence-corrected chi connectivity index (χ4v) is 2.97. The maximum absolute atomic E-state index is 11.1. The van der Waals surface area contributed by atoms with Gasteiger partial charge in [-0.2, -0.15) is 0 Å². The third kappa shape index (κ3) is 6.34. The van der Waals surface area contributed by atoms with Crippen molar-refractivity contribution in [2.24, 2.45) is 10.3 Å². The van der Waals surface area contributed by atoms with E-state index in [1.54, 1.807) is 0 Å². The Kier molecular flexibility index (Phi) is 10.9. The molecule has 0 amide bonds. The van der Waals surface area contributed by atoms with Crippen molar-refractivity contribution in [3.8, 4) is 0 Å². The van der Waals surface area contributed by atoms with Crippen LogP contribution in [-0.2, 0) is 20.0 Å². The Morgan fingerprint density at radius 3 is 1.67 bits per heavy atom. The quantitative estimate of drug-likeness (QED) is 0.634. The summed E-state index contributed by atoms with van der Waals surface area (Å²) in [7, 11) is -8.26. The van der Waals surface area contributed by atoms with E-state index in [1.165, 1.54) is 0 Å². The minimum atomic E-state index is -4.18. The van der Waals surface area contributed by atoms with Crippen LogP contribution >= 0.6 is 23.2 Å². The van der Waals surface area contributed by atoms with Gasteiger partial charge in [0.25, 0.3) is 0 Å². The number of rotatable bonds is 2. The Labute approximate surface area is 200 Å². The molecule has 1 rings (SSSR count). The van der Waals surface area contributed by atoms with E-state index in [-0.39, 0.29) is 113 Å². The van der Waals surface area contributed by atoms with E-state index < -0.39 is 29.8 Å². The molecule has 0 fully saturated rings. The molecule has 0 bridgehead atoms. The molecule has 0 saturated heterocycles. The molecule has 0 aliphatic rings. The summed E-state index contributed by atoms with van der Waals surface area (Å²) in [4.78, 5) is -1.07. The molecule has 1 aromatic carbocycles. The third-order valence-corrected chi connectivity index (χ3v) is 4.35. The van der Waals surface area contributed by atoms with Gasteiger partial charge in [0.05, 0.1) is 14.9 Å². The van der Waals surface area contributed by atoms with Gasteiger partial charge in [-0.05, 0) is 12.1 Å². The summed E-state index contributed by atoms with van der Waals surface area (Å²) in [5.74, 6) is 0. The van der Waals surface area contributed by atoms with Crippen LogP contribution < -0.4 is 10.3 Å². The van der Waals surface area contributed by atoms with Crippen molar-refractivity contribution in [3.05, 3.63) is 22.2 Å². The van der Waals surface area contributed by atoms with Crippen LogP contribution in [-0.4, -0.2) is 120 Å². The van der Waals surface area contributed by atoms with Gasteiger partial charge in [0.2, 0.25) is 20.0 Å². The van der Waals surface area contributed by atoms with Crippen LogP contribution in [0.5, 0.6) is 0 Å². The zero-order chi connectivity index (χ0) is 12.7. The monoisotopic (exact) mass is 384 g/mol. The Morgan fingerprint density at radius 1 is 0.889 bits per heavy atom. The second kappa shape index (κ2) is 8.51. The molecule has 0 spiro atoms.